The lowest BCUT2D eigenvalue weighted by atomic mass is 9.91. The van der Waals surface area contributed by atoms with Gasteiger partial charge in [0.25, 0.3) is 0 Å². The molecule has 1 aliphatic rings. The first-order valence-corrected chi connectivity index (χ1v) is 10.5. The molecule has 0 bridgehead atoms. The molecule has 1 amide bonds. The molecule has 2 aromatic heterocycles. The molecule has 0 spiro atoms. The SMILES string of the molecule is CN(C)Cc1c(-c2cccnc2)ccc2c(CCC3CCN(C(=O)O)CC3)noc12. The molecule has 0 atom stereocenters. The minimum absolute atomic E-state index is 0.531. The number of amides is 1. The predicted octanol–water partition coefficient (Wildman–Crippen LogP) is 4.27. The summed E-state index contributed by atoms with van der Waals surface area (Å²) in [7, 11) is 4.10. The van der Waals surface area contributed by atoms with Crippen molar-refractivity contribution < 1.29 is 14.4 Å². The van der Waals surface area contributed by atoms with Gasteiger partial charge in [0.2, 0.25) is 0 Å². The van der Waals surface area contributed by atoms with Crippen LogP contribution in [-0.2, 0) is 13.0 Å². The number of hydrogen-bond acceptors (Lipinski definition) is 5. The van der Waals surface area contributed by atoms with E-state index < -0.39 is 6.09 Å². The lowest BCUT2D eigenvalue weighted by Gasteiger charge is -2.29. The zero-order valence-electron chi connectivity index (χ0n) is 17.5. The second kappa shape index (κ2) is 8.83. The van der Waals surface area contributed by atoms with Gasteiger partial charge in [0.1, 0.15) is 0 Å². The van der Waals surface area contributed by atoms with E-state index in [9.17, 15) is 4.79 Å². The van der Waals surface area contributed by atoms with Gasteiger partial charge in [0, 0.05) is 48.5 Å². The summed E-state index contributed by atoms with van der Waals surface area (Å²) < 4.78 is 5.85. The van der Waals surface area contributed by atoms with Crippen molar-refractivity contribution >= 4 is 17.1 Å². The summed E-state index contributed by atoms with van der Waals surface area (Å²) in [6.07, 6.45) is 6.52. The van der Waals surface area contributed by atoms with Crippen LogP contribution in [0.5, 0.6) is 0 Å². The number of benzene rings is 1. The van der Waals surface area contributed by atoms with Crippen molar-refractivity contribution in [1.29, 1.82) is 0 Å². The van der Waals surface area contributed by atoms with Crippen molar-refractivity contribution in [3.05, 3.63) is 47.9 Å². The standard InChI is InChI=1S/C23H28N4O3/c1-26(2)15-20-18(17-4-3-11-24-14-17)6-7-19-21(25-30-22(19)20)8-5-16-9-12-27(13-10-16)23(28)29/h3-4,6-7,11,14,16H,5,8-10,12-13,15H2,1-2H3,(H,28,29). The summed E-state index contributed by atoms with van der Waals surface area (Å²) in [4.78, 5) is 19.0. The third-order valence-electron chi connectivity index (χ3n) is 5.94. The fourth-order valence-corrected chi connectivity index (χ4v) is 4.31. The maximum Gasteiger partial charge on any atom is 0.407 e. The van der Waals surface area contributed by atoms with Crippen LogP contribution >= 0.6 is 0 Å². The molecule has 1 aliphatic heterocycles. The molecule has 30 heavy (non-hydrogen) atoms. The van der Waals surface area contributed by atoms with Gasteiger partial charge in [-0.15, -0.1) is 0 Å². The van der Waals surface area contributed by atoms with Gasteiger partial charge in [-0.1, -0.05) is 17.3 Å². The van der Waals surface area contributed by atoms with Gasteiger partial charge in [-0.25, -0.2) is 4.79 Å². The number of hydrogen-bond donors (Lipinski definition) is 1. The molecule has 0 saturated carbocycles. The van der Waals surface area contributed by atoms with E-state index in [1.54, 1.807) is 6.20 Å². The van der Waals surface area contributed by atoms with E-state index in [4.69, 9.17) is 9.63 Å². The summed E-state index contributed by atoms with van der Waals surface area (Å²) in [5, 5.41) is 14.6. The number of piperidine rings is 1. The molecule has 158 valence electrons. The van der Waals surface area contributed by atoms with Crippen LogP contribution in [0.15, 0.2) is 41.2 Å². The second-order valence-electron chi connectivity index (χ2n) is 8.33. The van der Waals surface area contributed by atoms with E-state index >= 15 is 0 Å². The molecular weight excluding hydrogens is 380 g/mol. The molecule has 1 saturated heterocycles. The largest absolute Gasteiger partial charge is 0.465 e. The van der Waals surface area contributed by atoms with E-state index in [0.29, 0.717) is 19.0 Å². The van der Waals surface area contributed by atoms with Gasteiger partial charge in [0.05, 0.1) is 5.69 Å². The fourth-order valence-electron chi connectivity index (χ4n) is 4.31. The molecule has 3 aromatic rings. The lowest BCUT2D eigenvalue weighted by molar-refractivity contribution is 0.123. The van der Waals surface area contributed by atoms with Crippen molar-refractivity contribution in [1.82, 2.24) is 19.9 Å². The van der Waals surface area contributed by atoms with Crippen LogP contribution in [0.2, 0.25) is 0 Å². The number of likely N-dealkylation sites (tertiary alicyclic amines) is 1. The molecule has 1 aromatic carbocycles. The van der Waals surface area contributed by atoms with Crippen molar-refractivity contribution in [2.24, 2.45) is 5.92 Å². The number of carboxylic acid groups (broad SMARTS) is 1. The molecule has 0 aliphatic carbocycles. The summed E-state index contributed by atoms with van der Waals surface area (Å²) in [6, 6.07) is 8.26. The monoisotopic (exact) mass is 408 g/mol. The Balaban J connectivity index is 1.55. The van der Waals surface area contributed by atoms with Crippen molar-refractivity contribution in [2.45, 2.75) is 32.2 Å². The maximum atomic E-state index is 11.1. The highest BCUT2D eigenvalue weighted by atomic mass is 16.5. The minimum atomic E-state index is -0.811. The van der Waals surface area contributed by atoms with E-state index in [1.165, 1.54) is 4.90 Å². The third-order valence-corrected chi connectivity index (χ3v) is 5.94. The Morgan fingerprint density at radius 3 is 2.73 bits per heavy atom. The van der Waals surface area contributed by atoms with Crippen LogP contribution in [-0.4, -0.2) is 58.3 Å². The number of nitrogens with zero attached hydrogens (tertiary/aromatic N) is 4. The summed E-state index contributed by atoms with van der Waals surface area (Å²) >= 11 is 0. The first-order chi connectivity index (χ1) is 14.5. The highest BCUT2D eigenvalue weighted by Gasteiger charge is 2.23. The fraction of sp³-hybridized carbons (Fsp3) is 0.435. The van der Waals surface area contributed by atoms with Crippen LogP contribution in [0, 0.1) is 5.92 Å². The average molecular weight is 409 g/mol. The Kier molecular flexibility index (Phi) is 5.99. The van der Waals surface area contributed by atoms with Gasteiger partial charge in [-0.2, -0.15) is 0 Å². The first-order valence-electron chi connectivity index (χ1n) is 10.5. The highest BCUT2D eigenvalue weighted by molar-refractivity contribution is 5.89. The van der Waals surface area contributed by atoms with Gasteiger partial charge in [0.15, 0.2) is 5.58 Å². The predicted molar refractivity (Wildman–Crippen MR) is 115 cm³/mol. The molecule has 7 nitrogen and oxygen atoms in total. The Morgan fingerprint density at radius 2 is 2.07 bits per heavy atom. The van der Waals surface area contributed by atoms with Crippen molar-refractivity contribution in [2.75, 3.05) is 27.2 Å². The van der Waals surface area contributed by atoms with Crippen molar-refractivity contribution in [3.8, 4) is 11.1 Å². The summed E-state index contributed by atoms with van der Waals surface area (Å²) in [6.45, 7) is 2.01. The van der Waals surface area contributed by atoms with E-state index in [-0.39, 0.29) is 0 Å². The Bertz CT molecular complexity index is 1010. The molecule has 0 unspecified atom stereocenters. The first kappa shape index (κ1) is 20.3. The van der Waals surface area contributed by atoms with Crippen LogP contribution in [0.4, 0.5) is 4.79 Å². The van der Waals surface area contributed by atoms with Crippen LogP contribution < -0.4 is 0 Å². The summed E-state index contributed by atoms with van der Waals surface area (Å²) in [5.74, 6) is 0.531. The normalized spacial score (nSPS) is 15.2. The molecular formula is C23H28N4O3. The Hall–Kier alpha value is -2.93. The number of aromatic nitrogens is 2. The average Bonchev–Trinajstić information content (AvgIpc) is 3.16. The quantitative estimate of drug-likeness (QED) is 0.656. The minimum Gasteiger partial charge on any atom is -0.465 e. The van der Waals surface area contributed by atoms with E-state index in [2.05, 4.69) is 33.2 Å². The molecule has 0 radical (unpaired) electrons. The number of rotatable bonds is 6. The molecule has 1 fully saturated rings. The summed E-state index contributed by atoms with van der Waals surface area (Å²) in [5.41, 5.74) is 5.15. The third kappa shape index (κ3) is 4.31. The van der Waals surface area contributed by atoms with Crippen LogP contribution in [0.1, 0.15) is 30.5 Å². The lowest BCUT2D eigenvalue weighted by Crippen LogP contribution is -2.37. The van der Waals surface area contributed by atoms with E-state index in [0.717, 1.165) is 65.6 Å². The number of pyridine rings is 1. The van der Waals surface area contributed by atoms with Crippen LogP contribution in [0.25, 0.3) is 22.1 Å². The number of aryl methyl sites for hydroxylation is 1. The zero-order valence-corrected chi connectivity index (χ0v) is 17.5. The zero-order chi connectivity index (χ0) is 21.1. The molecule has 1 N–H and O–H groups in total. The van der Waals surface area contributed by atoms with Gasteiger partial charge in [-0.3, -0.25) is 4.98 Å². The Labute approximate surface area is 176 Å². The molecule has 3 heterocycles. The van der Waals surface area contributed by atoms with Crippen LogP contribution in [0.3, 0.4) is 0 Å². The molecule has 7 heteroatoms. The smallest absolute Gasteiger partial charge is 0.407 e. The van der Waals surface area contributed by atoms with E-state index in [1.807, 2.05) is 26.4 Å². The number of carbonyl (C=O) groups is 1. The maximum absolute atomic E-state index is 11.1. The van der Waals surface area contributed by atoms with Crippen molar-refractivity contribution in [3.63, 3.8) is 0 Å². The second-order valence-corrected chi connectivity index (χ2v) is 8.33. The van der Waals surface area contributed by atoms with Gasteiger partial charge in [-0.05, 0) is 63.4 Å². The topological polar surface area (TPSA) is 82.7 Å². The number of fused-ring (bicyclic) bond motifs is 1. The Morgan fingerprint density at radius 1 is 1.27 bits per heavy atom. The van der Waals surface area contributed by atoms with Gasteiger partial charge >= 0.3 is 6.09 Å². The van der Waals surface area contributed by atoms with Gasteiger partial charge < -0.3 is 19.4 Å². The molecule has 4 rings (SSSR count). The highest BCUT2D eigenvalue weighted by Crippen LogP contribution is 2.33.